The Kier molecular flexibility index (Phi) is 4.12. The quantitative estimate of drug-likeness (QED) is 0.780. The largest absolute Gasteiger partial charge is 0.535 e. The monoisotopic (exact) mass is 287 g/mol. The van der Waals surface area contributed by atoms with Crippen LogP contribution in [0.5, 0.6) is 11.5 Å². The Bertz CT molecular complexity index is 655. The first-order valence-corrected chi connectivity index (χ1v) is 7.60. The molecule has 2 rings (SSSR count). The number of rotatable bonds is 4. The summed E-state index contributed by atoms with van der Waals surface area (Å²) in [5.74, 6) is 2.40. The van der Waals surface area contributed by atoms with Crippen molar-refractivity contribution in [1.82, 2.24) is 0 Å². The maximum Gasteiger partial charge on any atom is 0.535 e. The molecule has 0 atom stereocenters. The van der Waals surface area contributed by atoms with Crippen molar-refractivity contribution in [2.24, 2.45) is 0 Å². The minimum Gasteiger partial charge on any atom is -0.406 e. The molecule has 0 spiro atoms. The molecule has 0 saturated heterocycles. The van der Waals surface area contributed by atoms with Crippen molar-refractivity contribution in [1.29, 1.82) is 5.26 Å². The zero-order valence-electron chi connectivity index (χ0n) is 11.2. The molecule has 0 aromatic heterocycles. The molecule has 0 saturated carbocycles. The molecule has 5 heteroatoms. The standard InChI is InChI=1S/C15H14NO3P/c1-12-7-3-5-9-14(12)18-20(17,11-16)19-15-10-6-4-8-13(15)2/h3-10H,1-2H3. The third-order valence-corrected chi connectivity index (χ3v) is 3.87. The first-order chi connectivity index (χ1) is 9.54. The highest BCUT2D eigenvalue weighted by atomic mass is 31.2. The van der Waals surface area contributed by atoms with Gasteiger partial charge in [-0.15, -0.1) is 0 Å². The lowest BCUT2D eigenvalue weighted by Crippen LogP contribution is -2.00. The first-order valence-electron chi connectivity index (χ1n) is 6.06. The van der Waals surface area contributed by atoms with Gasteiger partial charge in [-0.05, 0) is 37.1 Å². The fourth-order valence-corrected chi connectivity index (χ4v) is 2.68. The lowest BCUT2D eigenvalue weighted by Gasteiger charge is -2.16. The normalized spacial score (nSPS) is 10.7. The topological polar surface area (TPSA) is 59.3 Å². The average Bonchev–Trinajstić information content (AvgIpc) is 2.44. The summed E-state index contributed by atoms with van der Waals surface area (Å²) in [5, 5.41) is 9.13. The van der Waals surface area contributed by atoms with Gasteiger partial charge < -0.3 is 9.05 Å². The van der Waals surface area contributed by atoms with Gasteiger partial charge >= 0.3 is 7.60 Å². The van der Waals surface area contributed by atoms with E-state index in [9.17, 15) is 4.57 Å². The molecule has 2 aromatic carbocycles. The van der Waals surface area contributed by atoms with Crippen LogP contribution < -0.4 is 9.05 Å². The highest BCUT2D eigenvalue weighted by molar-refractivity contribution is 7.59. The smallest absolute Gasteiger partial charge is 0.406 e. The van der Waals surface area contributed by atoms with Gasteiger partial charge in [0.05, 0.1) is 0 Å². The zero-order chi connectivity index (χ0) is 14.6. The minimum atomic E-state index is -3.89. The van der Waals surface area contributed by atoms with E-state index in [4.69, 9.17) is 14.3 Å². The summed E-state index contributed by atoms with van der Waals surface area (Å²) < 4.78 is 23.0. The van der Waals surface area contributed by atoms with Crippen LogP contribution in [0.2, 0.25) is 0 Å². The van der Waals surface area contributed by atoms with Gasteiger partial charge in [0.15, 0.2) is 0 Å². The molecule has 0 fully saturated rings. The maximum absolute atomic E-state index is 12.4. The number of nitrogens with zero attached hydrogens (tertiary/aromatic N) is 1. The minimum absolute atomic E-state index is 0.381. The van der Waals surface area contributed by atoms with E-state index in [1.54, 1.807) is 30.1 Å². The molecule has 0 unspecified atom stereocenters. The summed E-state index contributed by atoms with van der Waals surface area (Å²) in [6.07, 6.45) is 0. The van der Waals surface area contributed by atoms with E-state index >= 15 is 0 Å². The lowest BCUT2D eigenvalue weighted by molar-refractivity contribution is 0.397. The van der Waals surface area contributed by atoms with E-state index in [2.05, 4.69) is 0 Å². The second-order valence-electron chi connectivity index (χ2n) is 4.31. The predicted octanol–water partition coefficient (Wildman–Crippen LogP) is 4.44. The van der Waals surface area contributed by atoms with Crippen LogP contribution in [-0.2, 0) is 4.57 Å². The Balaban J connectivity index is 2.27. The van der Waals surface area contributed by atoms with Crippen molar-refractivity contribution >= 4 is 7.60 Å². The van der Waals surface area contributed by atoms with E-state index in [0.29, 0.717) is 11.5 Å². The molecule has 0 N–H and O–H groups in total. The van der Waals surface area contributed by atoms with Gasteiger partial charge in [0, 0.05) is 0 Å². The van der Waals surface area contributed by atoms with Gasteiger partial charge in [0.25, 0.3) is 0 Å². The van der Waals surface area contributed by atoms with Crippen LogP contribution in [0.3, 0.4) is 0 Å². The van der Waals surface area contributed by atoms with Crippen molar-refractivity contribution in [2.45, 2.75) is 13.8 Å². The molecule has 2 aromatic rings. The van der Waals surface area contributed by atoms with E-state index in [0.717, 1.165) is 11.1 Å². The number of benzene rings is 2. The summed E-state index contributed by atoms with van der Waals surface area (Å²) >= 11 is 0. The highest BCUT2D eigenvalue weighted by Gasteiger charge is 2.29. The number of para-hydroxylation sites is 2. The molecule has 4 nitrogen and oxygen atoms in total. The molecular formula is C15H14NO3P. The second-order valence-corrected chi connectivity index (χ2v) is 5.87. The lowest BCUT2D eigenvalue weighted by atomic mass is 10.2. The Hall–Kier alpha value is -2.24. The van der Waals surface area contributed by atoms with Crippen LogP contribution in [0.1, 0.15) is 11.1 Å². The second kappa shape index (κ2) is 5.81. The third kappa shape index (κ3) is 3.20. The van der Waals surface area contributed by atoms with Gasteiger partial charge in [-0.25, -0.2) is 4.57 Å². The van der Waals surface area contributed by atoms with Crippen molar-refractivity contribution in [3.8, 4) is 17.3 Å². The van der Waals surface area contributed by atoms with Crippen LogP contribution in [0, 0.1) is 24.9 Å². The SMILES string of the molecule is Cc1ccccc1OP(=O)(C#N)Oc1ccccc1C. The number of aryl methyl sites for hydroxylation is 2. The van der Waals surface area contributed by atoms with Crippen LogP contribution in [0.15, 0.2) is 48.5 Å². The molecule has 20 heavy (non-hydrogen) atoms. The highest BCUT2D eigenvalue weighted by Crippen LogP contribution is 2.48. The van der Waals surface area contributed by atoms with Crippen molar-refractivity contribution in [3.05, 3.63) is 59.7 Å². The molecule has 0 bridgehead atoms. The summed E-state index contributed by atoms with van der Waals surface area (Å²) in [4.78, 5) is 0. The fraction of sp³-hybridized carbons (Fsp3) is 0.133. The van der Waals surface area contributed by atoms with E-state index in [1.165, 1.54) is 0 Å². The van der Waals surface area contributed by atoms with Crippen molar-refractivity contribution in [3.63, 3.8) is 0 Å². The molecule has 0 aliphatic carbocycles. The van der Waals surface area contributed by atoms with E-state index in [1.807, 2.05) is 38.1 Å². The van der Waals surface area contributed by atoms with Crippen LogP contribution in [0.4, 0.5) is 0 Å². The van der Waals surface area contributed by atoms with Gasteiger partial charge in [-0.1, -0.05) is 36.4 Å². The summed E-state index contributed by atoms with van der Waals surface area (Å²) in [6, 6.07) is 14.1. The third-order valence-electron chi connectivity index (χ3n) is 2.75. The molecule has 102 valence electrons. The molecule has 0 radical (unpaired) electrons. The summed E-state index contributed by atoms with van der Waals surface area (Å²) in [5.41, 5.74) is 1.58. The maximum atomic E-state index is 12.4. The Morgan fingerprint density at radius 2 is 1.30 bits per heavy atom. The van der Waals surface area contributed by atoms with Gasteiger partial charge in [0.1, 0.15) is 11.5 Å². The van der Waals surface area contributed by atoms with Crippen LogP contribution >= 0.6 is 7.60 Å². The molecule has 0 aliphatic heterocycles. The predicted molar refractivity (Wildman–Crippen MR) is 76.8 cm³/mol. The van der Waals surface area contributed by atoms with Crippen molar-refractivity contribution < 1.29 is 13.6 Å². The van der Waals surface area contributed by atoms with E-state index in [-0.39, 0.29) is 0 Å². The summed E-state index contributed by atoms with van der Waals surface area (Å²) in [7, 11) is -3.89. The Morgan fingerprint density at radius 1 is 0.900 bits per heavy atom. The van der Waals surface area contributed by atoms with Gasteiger partial charge in [0.2, 0.25) is 5.81 Å². The van der Waals surface area contributed by atoms with Crippen LogP contribution in [-0.4, -0.2) is 0 Å². The Labute approximate surface area is 118 Å². The molecule has 0 aliphatic rings. The Morgan fingerprint density at radius 3 is 1.65 bits per heavy atom. The van der Waals surface area contributed by atoms with Crippen LogP contribution in [0.25, 0.3) is 0 Å². The number of nitriles is 1. The molecule has 0 heterocycles. The van der Waals surface area contributed by atoms with Gasteiger partial charge in [-0.2, -0.15) is 5.26 Å². The molecular weight excluding hydrogens is 273 g/mol. The molecule has 0 amide bonds. The van der Waals surface area contributed by atoms with E-state index < -0.39 is 7.60 Å². The number of hydrogen-bond donors (Lipinski definition) is 0. The first kappa shape index (κ1) is 14.2. The number of hydrogen-bond acceptors (Lipinski definition) is 4. The zero-order valence-corrected chi connectivity index (χ0v) is 12.1. The summed E-state index contributed by atoms with van der Waals surface area (Å²) in [6.45, 7) is 3.62. The fourth-order valence-electron chi connectivity index (χ4n) is 1.64. The van der Waals surface area contributed by atoms with Gasteiger partial charge in [-0.3, -0.25) is 0 Å². The van der Waals surface area contributed by atoms with Crippen molar-refractivity contribution in [2.75, 3.05) is 0 Å². The average molecular weight is 287 g/mol.